The van der Waals surface area contributed by atoms with E-state index in [0.717, 1.165) is 96.1 Å². The van der Waals surface area contributed by atoms with Crippen molar-refractivity contribution in [2.45, 2.75) is 44.2 Å². The van der Waals surface area contributed by atoms with Gasteiger partial charge in [0.05, 0.1) is 23.3 Å². The Labute approximate surface area is 234 Å². The number of phenolic OH excluding ortho intramolecular Hbond substituents is 1. The number of piperazine rings is 2. The smallest absolute Gasteiger partial charge is 0.306 e. The maximum atomic E-state index is 13.0. The van der Waals surface area contributed by atoms with Gasteiger partial charge in [-0.3, -0.25) is 19.4 Å². The summed E-state index contributed by atoms with van der Waals surface area (Å²) in [6.45, 7) is 7.42. The van der Waals surface area contributed by atoms with Gasteiger partial charge in [0.2, 0.25) is 5.91 Å². The Bertz CT molecular complexity index is 1230. The van der Waals surface area contributed by atoms with Crippen LogP contribution in [-0.4, -0.2) is 118 Å². The van der Waals surface area contributed by atoms with Gasteiger partial charge in [0.15, 0.2) is 5.82 Å². The number of aliphatic carboxylic acids is 1. The Hall–Kier alpha value is -3.44. The number of para-hydroxylation sites is 1. The van der Waals surface area contributed by atoms with Crippen LogP contribution in [0.25, 0.3) is 11.3 Å². The van der Waals surface area contributed by atoms with E-state index in [2.05, 4.69) is 30.2 Å². The number of hydrogen-bond donors (Lipinski definition) is 3. The molecule has 1 aliphatic carbocycles. The van der Waals surface area contributed by atoms with Crippen molar-refractivity contribution in [2.75, 3.05) is 69.1 Å². The number of nitrogens with one attached hydrogen (secondary N) is 1. The van der Waals surface area contributed by atoms with Gasteiger partial charge in [0.1, 0.15) is 5.75 Å². The van der Waals surface area contributed by atoms with Crippen LogP contribution in [0.2, 0.25) is 0 Å². The molecule has 0 spiro atoms. The Morgan fingerprint density at radius 2 is 1.73 bits per heavy atom. The number of aromatic hydroxyl groups is 1. The first-order valence-electron chi connectivity index (χ1n) is 14.6. The molecule has 11 heteroatoms. The molecule has 4 heterocycles. The molecule has 3 N–H and O–H groups in total. The second-order valence-electron chi connectivity index (χ2n) is 11.5. The van der Waals surface area contributed by atoms with Crippen molar-refractivity contribution in [1.82, 2.24) is 24.9 Å². The molecule has 3 fully saturated rings. The van der Waals surface area contributed by atoms with Crippen LogP contribution in [0.1, 0.15) is 32.1 Å². The highest BCUT2D eigenvalue weighted by Crippen LogP contribution is 2.36. The van der Waals surface area contributed by atoms with Gasteiger partial charge in [-0.15, -0.1) is 10.2 Å². The molecule has 1 atom stereocenters. The highest BCUT2D eigenvalue weighted by atomic mass is 16.4. The molecule has 3 aliphatic heterocycles. The molecule has 0 bridgehead atoms. The van der Waals surface area contributed by atoms with Crippen LogP contribution in [-0.2, 0) is 9.59 Å². The van der Waals surface area contributed by atoms with Gasteiger partial charge in [-0.05, 0) is 43.9 Å². The van der Waals surface area contributed by atoms with Crippen molar-refractivity contribution in [1.29, 1.82) is 0 Å². The Balaban J connectivity index is 0.978. The van der Waals surface area contributed by atoms with E-state index in [-0.39, 0.29) is 23.6 Å². The van der Waals surface area contributed by atoms with Crippen LogP contribution in [0.5, 0.6) is 5.75 Å². The van der Waals surface area contributed by atoms with Gasteiger partial charge in [-0.2, -0.15) is 0 Å². The number of carbonyl (C=O) groups excluding carboxylic acids is 1. The molecule has 6 rings (SSSR count). The number of benzene rings is 1. The summed E-state index contributed by atoms with van der Waals surface area (Å²) >= 11 is 0. The first kappa shape index (κ1) is 26.8. The third-order valence-electron chi connectivity index (χ3n) is 9.21. The summed E-state index contributed by atoms with van der Waals surface area (Å²) in [5, 5.41) is 31.7. The highest BCUT2D eigenvalue weighted by molar-refractivity contribution is 5.77. The lowest BCUT2D eigenvalue weighted by Crippen LogP contribution is -2.58. The molecule has 1 saturated carbocycles. The number of fused-ring (bicyclic) bond motifs is 3. The van der Waals surface area contributed by atoms with Crippen LogP contribution in [0, 0.1) is 5.92 Å². The lowest BCUT2D eigenvalue weighted by molar-refractivity contribution is -0.143. The van der Waals surface area contributed by atoms with Gasteiger partial charge < -0.3 is 25.3 Å². The van der Waals surface area contributed by atoms with Gasteiger partial charge >= 0.3 is 5.97 Å². The number of carboxylic acid groups (broad SMARTS) is 1. The third-order valence-corrected chi connectivity index (χ3v) is 9.21. The van der Waals surface area contributed by atoms with E-state index >= 15 is 0 Å². The number of amides is 1. The van der Waals surface area contributed by atoms with Gasteiger partial charge in [0, 0.05) is 76.9 Å². The minimum absolute atomic E-state index is 0.185. The van der Waals surface area contributed by atoms with E-state index in [1.165, 1.54) is 0 Å². The zero-order valence-corrected chi connectivity index (χ0v) is 22.9. The molecule has 4 aliphatic rings. The van der Waals surface area contributed by atoms with Gasteiger partial charge in [-0.25, -0.2) is 0 Å². The first-order chi connectivity index (χ1) is 19.5. The predicted molar refractivity (Wildman–Crippen MR) is 151 cm³/mol. The van der Waals surface area contributed by atoms with E-state index in [9.17, 15) is 19.8 Å². The number of phenols is 1. The third kappa shape index (κ3) is 5.57. The SMILES string of the molecule is O=C(CCN1CCN2c3cc(-c4ccccc4O)nnc3NC[C@H]2C1)N1CCN([C@H]2CC[C@@H](C(=O)O)CC2)CC1. The zero-order chi connectivity index (χ0) is 27.6. The number of rotatable bonds is 6. The van der Waals surface area contributed by atoms with Crippen LogP contribution in [0.15, 0.2) is 30.3 Å². The number of aromatic nitrogens is 2. The topological polar surface area (TPSA) is 125 Å². The summed E-state index contributed by atoms with van der Waals surface area (Å²) in [4.78, 5) is 33.5. The standard InChI is InChI=1S/C29H39N7O4/c37-26-4-2-1-3-23(26)24-17-25-28(32-31-24)30-18-22-19-33(11-16-36(22)25)10-9-27(38)35-14-12-34(13-15-35)21-7-5-20(6-8-21)29(39)40/h1-4,17,20-22,37H,5-16,18-19H2,(H,30,32)(H,39,40)/t20-,21+,22-/m0/s1. The van der Waals surface area contributed by atoms with E-state index in [4.69, 9.17) is 0 Å². The van der Waals surface area contributed by atoms with Crippen molar-refractivity contribution < 1.29 is 19.8 Å². The second-order valence-corrected chi connectivity index (χ2v) is 11.5. The Morgan fingerprint density at radius 1 is 0.950 bits per heavy atom. The van der Waals surface area contributed by atoms with Crippen molar-refractivity contribution in [3.8, 4) is 17.0 Å². The van der Waals surface area contributed by atoms with Crippen molar-refractivity contribution >= 4 is 23.4 Å². The van der Waals surface area contributed by atoms with Crippen molar-refractivity contribution in [2.24, 2.45) is 5.92 Å². The number of hydrogen-bond acceptors (Lipinski definition) is 9. The van der Waals surface area contributed by atoms with E-state index < -0.39 is 5.97 Å². The Morgan fingerprint density at radius 3 is 2.48 bits per heavy atom. The number of anilines is 2. The molecule has 1 aromatic carbocycles. The minimum atomic E-state index is -0.660. The average molecular weight is 550 g/mol. The quantitative estimate of drug-likeness (QED) is 0.492. The molecule has 214 valence electrons. The molecule has 2 saturated heterocycles. The van der Waals surface area contributed by atoms with Gasteiger partial charge in [-0.1, -0.05) is 12.1 Å². The second kappa shape index (κ2) is 11.6. The normalized spacial score (nSPS) is 25.6. The highest BCUT2D eigenvalue weighted by Gasteiger charge is 2.34. The molecule has 40 heavy (non-hydrogen) atoms. The van der Waals surface area contributed by atoms with Crippen molar-refractivity contribution in [3.63, 3.8) is 0 Å². The van der Waals surface area contributed by atoms with Crippen LogP contribution in [0.3, 0.4) is 0 Å². The molecule has 11 nitrogen and oxygen atoms in total. The molecule has 1 amide bonds. The first-order valence-corrected chi connectivity index (χ1v) is 14.6. The molecular weight excluding hydrogens is 510 g/mol. The van der Waals surface area contributed by atoms with Gasteiger partial charge in [0.25, 0.3) is 0 Å². The monoisotopic (exact) mass is 549 g/mol. The zero-order valence-electron chi connectivity index (χ0n) is 22.9. The number of carboxylic acids is 1. The minimum Gasteiger partial charge on any atom is -0.507 e. The molecular formula is C29H39N7O4. The van der Waals surface area contributed by atoms with E-state index in [0.29, 0.717) is 23.7 Å². The number of carbonyl (C=O) groups is 2. The maximum Gasteiger partial charge on any atom is 0.306 e. The van der Waals surface area contributed by atoms with Crippen LogP contribution in [0.4, 0.5) is 11.5 Å². The summed E-state index contributed by atoms with van der Waals surface area (Å²) in [5.41, 5.74) is 2.33. The fourth-order valence-electron chi connectivity index (χ4n) is 6.81. The summed E-state index contributed by atoms with van der Waals surface area (Å²) < 4.78 is 0. The molecule has 0 unspecified atom stereocenters. The summed E-state index contributed by atoms with van der Waals surface area (Å²) in [7, 11) is 0. The Kier molecular flexibility index (Phi) is 7.75. The summed E-state index contributed by atoms with van der Waals surface area (Å²) in [6, 6.07) is 9.92. The lowest BCUT2D eigenvalue weighted by Gasteiger charge is -2.46. The summed E-state index contributed by atoms with van der Waals surface area (Å²) in [6.07, 6.45) is 3.95. The predicted octanol–water partition coefficient (Wildman–Crippen LogP) is 1.94. The fourth-order valence-corrected chi connectivity index (χ4v) is 6.81. The van der Waals surface area contributed by atoms with E-state index in [1.807, 2.05) is 23.1 Å². The van der Waals surface area contributed by atoms with Crippen LogP contribution < -0.4 is 10.2 Å². The number of nitrogens with zero attached hydrogens (tertiary/aromatic N) is 6. The fraction of sp³-hybridized carbons (Fsp3) is 0.586. The maximum absolute atomic E-state index is 13.0. The lowest BCUT2D eigenvalue weighted by atomic mass is 9.85. The van der Waals surface area contributed by atoms with Crippen LogP contribution >= 0.6 is 0 Å². The van der Waals surface area contributed by atoms with Crippen molar-refractivity contribution in [3.05, 3.63) is 30.3 Å². The average Bonchev–Trinajstić information content (AvgIpc) is 2.99. The molecule has 2 aromatic rings. The largest absolute Gasteiger partial charge is 0.507 e. The summed E-state index contributed by atoms with van der Waals surface area (Å²) in [5.74, 6) is 0.345. The molecule has 0 radical (unpaired) electrons. The molecule has 1 aromatic heterocycles. The van der Waals surface area contributed by atoms with E-state index in [1.54, 1.807) is 12.1 Å².